The molecule has 27 heavy (non-hydrogen) atoms. The molecule has 1 atom stereocenters. The molecule has 0 bridgehead atoms. The highest BCUT2D eigenvalue weighted by atomic mass is 17.2. The normalized spacial score (nSPS) is 12.1. The van der Waals surface area contributed by atoms with E-state index in [0.29, 0.717) is 18.1 Å². The van der Waals surface area contributed by atoms with E-state index in [2.05, 4.69) is 20.8 Å². The van der Waals surface area contributed by atoms with Crippen LogP contribution >= 0.6 is 0 Å². The lowest BCUT2D eigenvalue weighted by atomic mass is 10.0. The molecule has 0 N–H and O–H groups in total. The van der Waals surface area contributed by atoms with Gasteiger partial charge < -0.3 is 0 Å². The number of carbonyl (C=O) groups excluding carboxylic acids is 1. The molecule has 1 aromatic carbocycles. The van der Waals surface area contributed by atoms with E-state index >= 15 is 0 Å². The van der Waals surface area contributed by atoms with Crippen molar-refractivity contribution in [3.8, 4) is 0 Å². The van der Waals surface area contributed by atoms with Crippen molar-refractivity contribution in [2.75, 3.05) is 6.61 Å². The van der Waals surface area contributed by atoms with Gasteiger partial charge in [-0.1, -0.05) is 96.8 Å². The molecule has 0 radical (unpaired) electrons. The zero-order valence-electron chi connectivity index (χ0n) is 17.8. The number of benzene rings is 1. The second-order valence-electron chi connectivity index (χ2n) is 7.60. The van der Waals surface area contributed by atoms with Crippen LogP contribution in [0.4, 0.5) is 0 Å². The van der Waals surface area contributed by atoms with Crippen molar-refractivity contribution >= 4 is 5.97 Å². The first kappa shape index (κ1) is 23.7. The van der Waals surface area contributed by atoms with Crippen LogP contribution in [-0.2, 0) is 16.2 Å². The summed E-state index contributed by atoms with van der Waals surface area (Å²) < 4.78 is 0. The van der Waals surface area contributed by atoms with Gasteiger partial charge in [-0.3, -0.25) is 4.89 Å². The van der Waals surface area contributed by atoms with Crippen molar-refractivity contribution in [3.63, 3.8) is 0 Å². The van der Waals surface area contributed by atoms with Crippen LogP contribution in [0.3, 0.4) is 0 Å². The summed E-state index contributed by atoms with van der Waals surface area (Å²) in [6.45, 7) is 7.08. The molecule has 154 valence electrons. The van der Waals surface area contributed by atoms with Crippen molar-refractivity contribution in [1.82, 2.24) is 0 Å². The largest absolute Gasteiger partial charge is 0.373 e. The summed E-state index contributed by atoms with van der Waals surface area (Å²) in [6.07, 6.45) is 14.4. The summed E-state index contributed by atoms with van der Waals surface area (Å²) in [4.78, 5) is 22.8. The summed E-state index contributed by atoms with van der Waals surface area (Å²) in [5, 5.41) is 0. The Bertz CT molecular complexity index is 498. The Labute approximate surface area is 166 Å². The minimum Gasteiger partial charge on any atom is -0.293 e. The highest BCUT2D eigenvalue weighted by Crippen LogP contribution is 2.17. The van der Waals surface area contributed by atoms with Gasteiger partial charge in [-0.15, -0.1) is 0 Å². The van der Waals surface area contributed by atoms with Crippen molar-refractivity contribution in [3.05, 3.63) is 35.4 Å². The van der Waals surface area contributed by atoms with Gasteiger partial charge in [0.1, 0.15) is 0 Å². The van der Waals surface area contributed by atoms with Gasteiger partial charge in [0.25, 0.3) is 0 Å². The van der Waals surface area contributed by atoms with Gasteiger partial charge in [0.2, 0.25) is 0 Å². The fraction of sp³-hybridized carbons (Fsp3) is 0.708. The fourth-order valence-corrected chi connectivity index (χ4v) is 3.34. The molecule has 3 nitrogen and oxygen atoms in total. The van der Waals surface area contributed by atoms with E-state index in [0.717, 1.165) is 31.2 Å². The van der Waals surface area contributed by atoms with Crippen LogP contribution in [0.15, 0.2) is 24.3 Å². The third kappa shape index (κ3) is 10.5. The maximum absolute atomic E-state index is 12.4. The second-order valence-corrected chi connectivity index (χ2v) is 7.60. The zero-order chi connectivity index (χ0) is 19.7. The maximum atomic E-state index is 12.4. The third-order valence-corrected chi connectivity index (χ3v) is 5.27. The molecule has 1 unspecified atom stereocenters. The average molecular weight is 377 g/mol. The van der Waals surface area contributed by atoms with Gasteiger partial charge in [0.05, 0.1) is 12.2 Å². The first-order chi connectivity index (χ1) is 13.2. The minimum absolute atomic E-state index is 0.362. The molecule has 0 saturated carbocycles. The molecule has 1 rings (SSSR count). The van der Waals surface area contributed by atoms with E-state index in [9.17, 15) is 4.79 Å². The highest BCUT2D eigenvalue weighted by molar-refractivity contribution is 5.90. The van der Waals surface area contributed by atoms with Crippen LogP contribution in [0.2, 0.25) is 0 Å². The molecule has 0 spiro atoms. The van der Waals surface area contributed by atoms with Crippen LogP contribution in [0.5, 0.6) is 0 Å². The number of unbranched alkanes of at least 4 members (excludes halogenated alkanes) is 7. The van der Waals surface area contributed by atoms with Crippen LogP contribution in [0.1, 0.15) is 107 Å². The van der Waals surface area contributed by atoms with E-state index in [-0.39, 0.29) is 5.97 Å². The molecule has 0 amide bonds. The van der Waals surface area contributed by atoms with E-state index < -0.39 is 0 Å². The highest BCUT2D eigenvalue weighted by Gasteiger charge is 2.14. The third-order valence-electron chi connectivity index (χ3n) is 5.27. The van der Waals surface area contributed by atoms with Gasteiger partial charge in [0.15, 0.2) is 0 Å². The first-order valence-electron chi connectivity index (χ1n) is 11.1. The smallest absolute Gasteiger partial charge is 0.293 e. The molecular formula is C24H40O3. The van der Waals surface area contributed by atoms with E-state index in [1.807, 2.05) is 24.3 Å². The molecule has 0 heterocycles. The lowest BCUT2D eigenvalue weighted by Gasteiger charge is -2.14. The topological polar surface area (TPSA) is 35.5 Å². The zero-order valence-corrected chi connectivity index (χ0v) is 17.8. The van der Waals surface area contributed by atoms with Crippen molar-refractivity contribution in [1.29, 1.82) is 0 Å². The van der Waals surface area contributed by atoms with Gasteiger partial charge in [0, 0.05) is 0 Å². The van der Waals surface area contributed by atoms with Crippen LogP contribution < -0.4 is 0 Å². The SMILES string of the molecule is CCCCCCCCCc1ccccc1C(=O)OOCC(CC)CCCC. The lowest BCUT2D eigenvalue weighted by Crippen LogP contribution is -2.14. The van der Waals surface area contributed by atoms with Crippen molar-refractivity contribution < 1.29 is 14.6 Å². The summed E-state index contributed by atoms with van der Waals surface area (Å²) in [5.41, 5.74) is 1.71. The predicted octanol–water partition coefficient (Wildman–Crippen LogP) is 7.28. The Hall–Kier alpha value is -1.35. The second kappa shape index (κ2) is 15.7. The molecule has 0 aliphatic rings. The van der Waals surface area contributed by atoms with Crippen molar-refractivity contribution in [2.45, 2.75) is 97.8 Å². The van der Waals surface area contributed by atoms with Gasteiger partial charge in [-0.25, -0.2) is 4.79 Å². The van der Waals surface area contributed by atoms with Gasteiger partial charge in [-0.05, 0) is 36.8 Å². The monoisotopic (exact) mass is 376 g/mol. The molecule has 0 fully saturated rings. The minimum atomic E-state index is -0.362. The van der Waals surface area contributed by atoms with Gasteiger partial charge >= 0.3 is 5.97 Å². The fourth-order valence-electron chi connectivity index (χ4n) is 3.34. The number of aryl methyl sites for hydroxylation is 1. The van der Waals surface area contributed by atoms with Crippen LogP contribution in [-0.4, -0.2) is 12.6 Å². The summed E-state index contributed by atoms with van der Waals surface area (Å²) in [6, 6.07) is 7.76. The first-order valence-corrected chi connectivity index (χ1v) is 11.1. The van der Waals surface area contributed by atoms with Crippen molar-refractivity contribution in [2.24, 2.45) is 5.92 Å². The summed E-state index contributed by atoms with van der Waals surface area (Å²) >= 11 is 0. The maximum Gasteiger partial charge on any atom is 0.373 e. The van der Waals surface area contributed by atoms with Crippen LogP contribution in [0.25, 0.3) is 0 Å². The number of hydrogen-bond donors (Lipinski definition) is 0. The average Bonchev–Trinajstić information content (AvgIpc) is 2.70. The Morgan fingerprint density at radius 2 is 1.56 bits per heavy atom. The molecule has 0 aromatic heterocycles. The molecule has 0 saturated heterocycles. The molecule has 0 aliphatic carbocycles. The van der Waals surface area contributed by atoms with E-state index in [1.165, 1.54) is 51.4 Å². The summed E-state index contributed by atoms with van der Waals surface area (Å²) in [5.74, 6) is 0.0968. The summed E-state index contributed by atoms with van der Waals surface area (Å²) in [7, 11) is 0. The molecule has 0 aliphatic heterocycles. The Morgan fingerprint density at radius 3 is 2.26 bits per heavy atom. The molecule has 1 aromatic rings. The standard InChI is InChI=1S/C24H40O3/c1-4-7-9-10-11-12-13-17-22-18-14-15-19-23(22)24(25)27-26-20-21(6-3)16-8-5-2/h14-15,18-19,21H,4-13,16-17,20H2,1-3H3. The number of carbonyl (C=O) groups is 1. The molecule has 3 heteroatoms. The van der Waals surface area contributed by atoms with E-state index in [4.69, 9.17) is 9.78 Å². The molecular weight excluding hydrogens is 336 g/mol. The number of rotatable bonds is 16. The lowest BCUT2D eigenvalue weighted by molar-refractivity contribution is -0.249. The predicted molar refractivity (Wildman–Crippen MR) is 113 cm³/mol. The quantitative estimate of drug-likeness (QED) is 0.173. The Kier molecular flexibility index (Phi) is 13.8. The Balaban J connectivity index is 2.37. The van der Waals surface area contributed by atoms with Gasteiger partial charge in [-0.2, -0.15) is 4.89 Å². The number of hydrogen-bond acceptors (Lipinski definition) is 3. The van der Waals surface area contributed by atoms with Crippen LogP contribution in [0, 0.1) is 5.92 Å². The Morgan fingerprint density at radius 1 is 0.889 bits per heavy atom. The van der Waals surface area contributed by atoms with E-state index in [1.54, 1.807) is 0 Å².